The second-order valence-corrected chi connectivity index (χ2v) is 8.93. The molecule has 3 nitrogen and oxygen atoms in total. The van der Waals surface area contributed by atoms with Gasteiger partial charge in [-0.3, -0.25) is 9.69 Å². The minimum Gasteiger partial charge on any atom is -0.385 e. The number of hydrogen-bond acceptors (Lipinski definition) is 2. The highest BCUT2D eigenvalue weighted by molar-refractivity contribution is 6.30. The third-order valence-corrected chi connectivity index (χ3v) is 6.71. The largest absolute Gasteiger partial charge is 0.385 e. The highest BCUT2D eigenvalue weighted by Crippen LogP contribution is 2.52. The van der Waals surface area contributed by atoms with Crippen LogP contribution in [0.4, 0.5) is 0 Å². The molecular weight excluding hydrogens is 404 g/mol. The van der Waals surface area contributed by atoms with Crippen LogP contribution in [-0.4, -0.2) is 17.4 Å². The number of nitrogens with two attached hydrogens (primary N) is 1. The van der Waals surface area contributed by atoms with Crippen molar-refractivity contribution in [1.29, 1.82) is 0 Å². The van der Waals surface area contributed by atoms with E-state index in [1.165, 1.54) is 5.56 Å². The number of carbonyl (C=O) groups is 1. The molecule has 4 heteroatoms. The Kier molecular flexibility index (Phi) is 5.07. The van der Waals surface area contributed by atoms with Crippen molar-refractivity contribution in [3.8, 4) is 11.1 Å². The van der Waals surface area contributed by atoms with Crippen LogP contribution < -0.4 is 5.73 Å². The van der Waals surface area contributed by atoms with E-state index in [-0.39, 0.29) is 5.91 Å². The highest BCUT2D eigenvalue weighted by Gasteiger charge is 2.56. The normalized spacial score (nSPS) is 20.7. The fourth-order valence-corrected chi connectivity index (χ4v) is 4.92. The molecule has 5 rings (SSSR count). The van der Waals surface area contributed by atoms with Crippen LogP contribution in [0.3, 0.4) is 0 Å². The number of rotatable bonds is 6. The molecule has 0 aromatic heterocycles. The van der Waals surface area contributed by atoms with Gasteiger partial charge < -0.3 is 5.73 Å². The molecule has 2 N–H and O–H groups in total. The Labute approximate surface area is 188 Å². The lowest BCUT2D eigenvalue weighted by Crippen LogP contribution is -2.42. The van der Waals surface area contributed by atoms with E-state index in [4.69, 9.17) is 17.3 Å². The molecule has 1 saturated carbocycles. The molecule has 31 heavy (non-hydrogen) atoms. The van der Waals surface area contributed by atoms with Crippen molar-refractivity contribution < 1.29 is 4.79 Å². The van der Waals surface area contributed by atoms with E-state index in [2.05, 4.69) is 30.3 Å². The van der Waals surface area contributed by atoms with Gasteiger partial charge in [-0.25, -0.2) is 0 Å². The summed E-state index contributed by atoms with van der Waals surface area (Å²) >= 11 is 6.21. The highest BCUT2D eigenvalue weighted by atomic mass is 35.5. The van der Waals surface area contributed by atoms with Crippen molar-refractivity contribution in [2.24, 2.45) is 11.7 Å². The fourth-order valence-electron chi connectivity index (χ4n) is 4.73. The molecule has 1 amide bonds. The van der Waals surface area contributed by atoms with Crippen LogP contribution in [0.15, 0.2) is 90.8 Å². The van der Waals surface area contributed by atoms with Crippen LogP contribution in [0.2, 0.25) is 5.02 Å². The van der Waals surface area contributed by atoms with Gasteiger partial charge in [-0.2, -0.15) is 0 Å². The van der Waals surface area contributed by atoms with E-state index in [9.17, 15) is 4.79 Å². The zero-order chi connectivity index (χ0) is 21.4. The molecule has 1 aliphatic heterocycles. The number of benzene rings is 3. The maximum absolute atomic E-state index is 13.8. The Morgan fingerprint density at radius 1 is 0.935 bits per heavy atom. The van der Waals surface area contributed by atoms with E-state index in [1.807, 2.05) is 54.6 Å². The van der Waals surface area contributed by atoms with Crippen LogP contribution in [0, 0.1) is 5.92 Å². The number of nitrogens with zero attached hydrogens (tertiary/aromatic N) is 1. The van der Waals surface area contributed by atoms with Gasteiger partial charge in [0.25, 0.3) is 0 Å². The molecule has 1 aliphatic carbocycles. The number of halogens is 1. The Morgan fingerprint density at radius 3 is 2.35 bits per heavy atom. The van der Waals surface area contributed by atoms with Crippen molar-refractivity contribution >= 4 is 17.5 Å². The van der Waals surface area contributed by atoms with E-state index in [0.717, 1.165) is 36.0 Å². The number of amides is 1. The average Bonchev–Trinajstić information content (AvgIpc) is 3.60. The molecule has 1 heterocycles. The summed E-state index contributed by atoms with van der Waals surface area (Å²) < 4.78 is 0. The topological polar surface area (TPSA) is 46.3 Å². The van der Waals surface area contributed by atoms with Gasteiger partial charge in [-0.15, -0.1) is 0 Å². The molecule has 0 radical (unpaired) electrons. The predicted molar refractivity (Wildman–Crippen MR) is 125 cm³/mol. The summed E-state index contributed by atoms with van der Waals surface area (Å²) in [6.45, 7) is 0.591. The van der Waals surface area contributed by atoms with E-state index in [0.29, 0.717) is 23.3 Å². The summed E-state index contributed by atoms with van der Waals surface area (Å²) in [5.41, 5.74) is 10.1. The minimum atomic E-state index is -0.671. The first kappa shape index (κ1) is 19.9. The van der Waals surface area contributed by atoms with Gasteiger partial charge in [0.15, 0.2) is 0 Å². The predicted octanol–water partition coefficient (Wildman–Crippen LogP) is 5.54. The van der Waals surface area contributed by atoms with Crippen LogP contribution in [0.25, 0.3) is 11.1 Å². The lowest BCUT2D eigenvalue weighted by atomic mass is 9.75. The van der Waals surface area contributed by atoms with Gasteiger partial charge in [-0.05, 0) is 71.7 Å². The molecule has 0 spiro atoms. The summed E-state index contributed by atoms with van der Waals surface area (Å²) in [6.07, 6.45) is 4.88. The maximum Gasteiger partial charge on any atom is 0.243 e. The summed E-state index contributed by atoms with van der Waals surface area (Å²) in [7, 11) is 0. The first-order valence-electron chi connectivity index (χ1n) is 10.8. The third kappa shape index (κ3) is 3.64. The number of carbonyl (C=O) groups excluding carboxylic acids is 1. The molecule has 3 aromatic carbocycles. The summed E-state index contributed by atoms with van der Waals surface area (Å²) in [5.74, 6) is 0.975. The van der Waals surface area contributed by atoms with Gasteiger partial charge in [0.1, 0.15) is 5.82 Å². The maximum atomic E-state index is 13.8. The van der Waals surface area contributed by atoms with Crippen molar-refractivity contribution in [2.75, 3.05) is 6.54 Å². The lowest BCUT2D eigenvalue weighted by Gasteiger charge is -2.29. The number of hydrogen-bond donors (Lipinski definition) is 1. The fraction of sp³-hybridized carbons (Fsp3) is 0.222. The standard InChI is InChI=1S/C27H25ClN2O/c28-24-11-5-9-21(17-24)20-8-4-10-23(16-20)27(22-12-13-22)18-25(29)30(26(27)31)15-14-19-6-2-1-3-7-19/h1-11,16-18,22H,12-15,29H2. The van der Waals surface area contributed by atoms with E-state index in [1.54, 1.807) is 4.90 Å². The third-order valence-electron chi connectivity index (χ3n) is 6.47. The Morgan fingerprint density at radius 2 is 1.65 bits per heavy atom. The first-order valence-corrected chi connectivity index (χ1v) is 11.2. The molecule has 1 unspecified atom stereocenters. The Bertz CT molecular complexity index is 1150. The zero-order valence-electron chi connectivity index (χ0n) is 17.3. The van der Waals surface area contributed by atoms with Crippen LogP contribution in [0.1, 0.15) is 24.0 Å². The molecule has 156 valence electrons. The van der Waals surface area contributed by atoms with E-state index < -0.39 is 5.41 Å². The van der Waals surface area contributed by atoms with E-state index >= 15 is 0 Å². The first-order chi connectivity index (χ1) is 15.1. The Hall–Kier alpha value is -3.04. The van der Waals surface area contributed by atoms with Gasteiger partial charge in [-0.1, -0.05) is 72.3 Å². The van der Waals surface area contributed by atoms with Gasteiger partial charge in [0.05, 0.1) is 5.41 Å². The van der Waals surface area contributed by atoms with Crippen molar-refractivity contribution in [3.63, 3.8) is 0 Å². The van der Waals surface area contributed by atoms with Crippen molar-refractivity contribution in [2.45, 2.75) is 24.7 Å². The SMILES string of the molecule is NC1=CC(c2cccc(-c3cccc(Cl)c3)c2)(C2CC2)C(=O)N1CCc1ccccc1. The van der Waals surface area contributed by atoms with Gasteiger partial charge in [0, 0.05) is 11.6 Å². The lowest BCUT2D eigenvalue weighted by molar-refractivity contribution is -0.132. The smallest absolute Gasteiger partial charge is 0.243 e. The van der Waals surface area contributed by atoms with Crippen LogP contribution >= 0.6 is 11.6 Å². The molecule has 1 atom stereocenters. The monoisotopic (exact) mass is 428 g/mol. The minimum absolute atomic E-state index is 0.103. The van der Waals surface area contributed by atoms with Crippen molar-refractivity contribution in [3.05, 3.63) is 107 Å². The quantitative estimate of drug-likeness (QED) is 0.560. The summed E-state index contributed by atoms with van der Waals surface area (Å²) in [5, 5.41) is 0.702. The Balaban J connectivity index is 1.48. The zero-order valence-corrected chi connectivity index (χ0v) is 18.1. The molecule has 0 saturated heterocycles. The molecule has 3 aromatic rings. The molecule has 2 aliphatic rings. The second kappa shape index (κ2) is 7.90. The second-order valence-electron chi connectivity index (χ2n) is 8.50. The van der Waals surface area contributed by atoms with Crippen LogP contribution in [-0.2, 0) is 16.6 Å². The average molecular weight is 429 g/mol. The summed E-state index contributed by atoms with van der Waals surface area (Å²) in [4.78, 5) is 15.6. The molecule has 1 fully saturated rings. The summed E-state index contributed by atoms with van der Waals surface area (Å²) in [6, 6.07) is 26.3. The van der Waals surface area contributed by atoms with Crippen molar-refractivity contribution in [1.82, 2.24) is 4.90 Å². The van der Waals surface area contributed by atoms with Gasteiger partial charge >= 0.3 is 0 Å². The molecular formula is C27H25ClN2O. The molecule has 0 bridgehead atoms. The van der Waals surface area contributed by atoms with Gasteiger partial charge in [0.2, 0.25) is 5.91 Å². The van der Waals surface area contributed by atoms with Crippen LogP contribution in [0.5, 0.6) is 0 Å².